The first kappa shape index (κ1) is 20.2. The molecule has 0 radical (unpaired) electrons. The van der Waals surface area contributed by atoms with Crippen LogP contribution in [0.5, 0.6) is 0 Å². The average Bonchev–Trinajstić information content (AvgIpc) is 3.21. The number of nitrogens with one attached hydrogen (secondary N) is 1. The molecule has 0 bridgehead atoms. The van der Waals surface area contributed by atoms with Crippen molar-refractivity contribution in [3.8, 4) is 0 Å². The lowest BCUT2D eigenvalue weighted by atomic mass is 9.93. The fourth-order valence-corrected chi connectivity index (χ4v) is 4.66. The number of likely N-dealkylation sites (tertiary alicyclic amines) is 1. The quantitative estimate of drug-likeness (QED) is 0.803. The fourth-order valence-electron chi connectivity index (χ4n) is 4.66. The van der Waals surface area contributed by atoms with Crippen molar-refractivity contribution >= 4 is 23.0 Å². The van der Waals surface area contributed by atoms with E-state index in [2.05, 4.69) is 20.1 Å². The average molecular weight is 400 g/mol. The highest BCUT2D eigenvalue weighted by molar-refractivity contribution is 5.79. The number of oxazole rings is 1. The van der Waals surface area contributed by atoms with E-state index in [9.17, 15) is 4.79 Å². The van der Waals surface area contributed by atoms with Gasteiger partial charge in [0.05, 0.1) is 5.92 Å². The normalized spacial score (nSPS) is 21.6. The second kappa shape index (κ2) is 9.13. The molecule has 2 aromatic rings. The molecule has 0 saturated carbocycles. The standard InChI is InChI=1S/C22H33N5O2/c1-23-11-15-25(2)21(28)17-6-5-12-27(16-17)18-9-13-26(14-10-18)22-24-19-7-3-4-8-20(19)29-22/h3-4,7-8,17-18,23H,5-6,9-16H2,1-2H3/t17-/m1/s1. The van der Waals surface area contributed by atoms with Gasteiger partial charge in [-0.1, -0.05) is 12.1 Å². The molecule has 0 spiro atoms. The number of para-hydroxylation sites is 2. The Morgan fingerprint density at radius 3 is 2.79 bits per heavy atom. The number of likely N-dealkylation sites (N-methyl/N-ethyl adjacent to an activating group) is 2. The third-order valence-corrected chi connectivity index (χ3v) is 6.41. The minimum absolute atomic E-state index is 0.140. The summed E-state index contributed by atoms with van der Waals surface area (Å²) in [7, 11) is 3.85. The van der Waals surface area contributed by atoms with Crippen LogP contribution in [0.4, 0.5) is 6.01 Å². The number of carbonyl (C=O) groups excluding carboxylic acids is 1. The molecule has 158 valence electrons. The van der Waals surface area contributed by atoms with E-state index >= 15 is 0 Å². The molecule has 1 atom stereocenters. The maximum Gasteiger partial charge on any atom is 0.298 e. The summed E-state index contributed by atoms with van der Waals surface area (Å²) in [5.41, 5.74) is 1.77. The molecule has 0 aliphatic carbocycles. The Morgan fingerprint density at radius 2 is 2.03 bits per heavy atom. The molecule has 2 aliphatic heterocycles. The van der Waals surface area contributed by atoms with Gasteiger partial charge in [-0.25, -0.2) is 0 Å². The maximum absolute atomic E-state index is 12.8. The van der Waals surface area contributed by atoms with E-state index < -0.39 is 0 Å². The van der Waals surface area contributed by atoms with Gasteiger partial charge in [-0.2, -0.15) is 4.98 Å². The Balaban J connectivity index is 1.31. The number of rotatable bonds is 6. The summed E-state index contributed by atoms with van der Waals surface area (Å²) < 4.78 is 5.94. The summed E-state index contributed by atoms with van der Waals surface area (Å²) in [4.78, 5) is 24.1. The number of fused-ring (bicyclic) bond motifs is 1. The van der Waals surface area contributed by atoms with Crippen molar-refractivity contribution in [1.29, 1.82) is 0 Å². The summed E-state index contributed by atoms with van der Waals surface area (Å²) >= 11 is 0. The van der Waals surface area contributed by atoms with Gasteiger partial charge in [0.25, 0.3) is 6.01 Å². The lowest BCUT2D eigenvalue weighted by Crippen LogP contribution is -2.51. The number of piperidine rings is 2. The van der Waals surface area contributed by atoms with Gasteiger partial charge < -0.3 is 19.5 Å². The van der Waals surface area contributed by atoms with Gasteiger partial charge in [-0.3, -0.25) is 9.69 Å². The largest absolute Gasteiger partial charge is 0.423 e. The first-order valence-electron chi connectivity index (χ1n) is 10.9. The van der Waals surface area contributed by atoms with Gasteiger partial charge in [0, 0.05) is 45.8 Å². The van der Waals surface area contributed by atoms with Crippen LogP contribution in [0.25, 0.3) is 11.1 Å². The molecule has 1 amide bonds. The van der Waals surface area contributed by atoms with Crippen LogP contribution in [-0.2, 0) is 4.79 Å². The SMILES string of the molecule is CNCCN(C)C(=O)[C@@H]1CCCN(C2CCN(c3nc4ccccc4o3)CC2)C1. The summed E-state index contributed by atoms with van der Waals surface area (Å²) in [6, 6.07) is 9.22. The van der Waals surface area contributed by atoms with Crippen molar-refractivity contribution in [3.63, 3.8) is 0 Å². The third kappa shape index (κ3) is 4.56. The van der Waals surface area contributed by atoms with Crippen molar-refractivity contribution in [2.24, 2.45) is 5.92 Å². The summed E-state index contributed by atoms with van der Waals surface area (Å²) in [6.45, 7) is 5.53. The number of anilines is 1. The van der Waals surface area contributed by atoms with Crippen LogP contribution in [-0.4, -0.2) is 80.1 Å². The van der Waals surface area contributed by atoms with Crippen molar-refractivity contribution in [2.45, 2.75) is 31.7 Å². The molecule has 7 heteroatoms. The molecular weight excluding hydrogens is 366 g/mol. The van der Waals surface area contributed by atoms with Crippen LogP contribution in [0.2, 0.25) is 0 Å². The number of amides is 1. The number of aromatic nitrogens is 1. The predicted octanol–water partition coefficient (Wildman–Crippen LogP) is 2.19. The molecule has 29 heavy (non-hydrogen) atoms. The Kier molecular flexibility index (Phi) is 6.35. The van der Waals surface area contributed by atoms with Gasteiger partial charge in [0.15, 0.2) is 5.58 Å². The van der Waals surface area contributed by atoms with E-state index in [0.29, 0.717) is 11.9 Å². The van der Waals surface area contributed by atoms with Crippen LogP contribution in [0.15, 0.2) is 28.7 Å². The molecule has 1 aromatic heterocycles. The summed E-state index contributed by atoms with van der Waals surface area (Å²) in [5, 5.41) is 3.12. The van der Waals surface area contributed by atoms with Gasteiger partial charge in [0.2, 0.25) is 5.91 Å². The van der Waals surface area contributed by atoms with E-state index in [1.54, 1.807) is 0 Å². The fraction of sp³-hybridized carbons (Fsp3) is 0.636. The highest BCUT2D eigenvalue weighted by atomic mass is 16.4. The third-order valence-electron chi connectivity index (χ3n) is 6.41. The first-order valence-corrected chi connectivity index (χ1v) is 10.9. The number of benzene rings is 1. The second-order valence-corrected chi connectivity index (χ2v) is 8.38. The Hall–Kier alpha value is -2.12. The first-order chi connectivity index (χ1) is 14.2. The zero-order valence-electron chi connectivity index (χ0n) is 17.6. The molecule has 1 N–H and O–H groups in total. The molecule has 1 aromatic carbocycles. The molecule has 7 nitrogen and oxygen atoms in total. The van der Waals surface area contributed by atoms with Gasteiger partial charge in [0.1, 0.15) is 5.52 Å². The number of carbonyl (C=O) groups is 1. The monoisotopic (exact) mass is 399 g/mol. The second-order valence-electron chi connectivity index (χ2n) is 8.38. The van der Waals surface area contributed by atoms with Crippen LogP contribution >= 0.6 is 0 Å². The number of hydrogen-bond donors (Lipinski definition) is 1. The molecule has 2 fully saturated rings. The number of nitrogens with zero attached hydrogens (tertiary/aromatic N) is 4. The molecule has 2 aliphatic rings. The zero-order chi connectivity index (χ0) is 20.2. The zero-order valence-corrected chi connectivity index (χ0v) is 17.6. The summed E-state index contributed by atoms with van der Waals surface area (Å²) in [6.07, 6.45) is 4.31. The molecule has 4 rings (SSSR count). The highest BCUT2D eigenvalue weighted by Gasteiger charge is 2.33. The molecule has 0 unspecified atom stereocenters. The minimum Gasteiger partial charge on any atom is -0.423 e. The predicted molar refractivity (Wildman–Crippen MR) is 115 cm³/mol. The van der Waals surface area contributed by atoms with Crippen molar-refractivity contribution in [1.82, 2.24) is 20.1 Å². The van der Waals surface area contributed by atoms with E-state index in [-0.39, 0.29) is 5.92 Å². The van der Waals surface area contributed by atoms with Gasteiger partial charge in [-0.05, 0) is 51.4 Å². The van der Waals surface area contributed by atoms with E-state index in [1.165, 1.54) is 0 Å². The number of hydrogen-bond acceptors (Lipinski definition) is 6. The minimum atomic E-state index is 0.140. The smallest absolute Gasteiger partial charge is 0.298 e. The van der Waals surface area contributed by atoms with Crippen LogP contribution in [0, 0.1) is 5.92 Å². The van der Waals surface area contributed by atoms with Crippen molar-refractivity contribution < 1.29 is 9.21 Å². The Bertz CT molecular complexity index is 781. The Morgan fingerprint density at radius 1 is 1.24 bits per heavy atom. The van der Waals surface area contributed by atoms with Crippen LogP contribution in [0.1, 0.15) is 25.7 Å². The maximum atomic E-state index is 12.8. The van der Waals surface area contributed by atoms with Crippen molar-refractivity contribution in [3.05, 3.63) is 24.3 Å². The molecule has 3 heterocycles. The molecular formula is C22H33N5O2. The van der Waals surface area contributed by atoms with Crippen LogP contribution in [0.3, 0.4) is 0 Å². The Labute approximate surface area is 173 Å². The van der Waals surface area contributed by atoms with Gasteiger partial charge >= 0.3 is 0 Å². The van der Waals surface area contributed by atoms with Crippen molar-refractivity contribution in [2.75, 3.05) is 58.3 Å². The molecule has 2 saturated heterocycles. The highest BCUT2D eigenvalue weighted by Crippen LogP contribution is 2.28. The van der Waals surface area contributed by atoms with Crippen LogP contribution < -0.4 is 10.2 Å². The topological polar surface area (TPSA) is 64.9 Å². The van der Waals surface area contributed by atoms with E-state index in [1.807, 2.05) is 43.3 Å². The lowest BCUT2D eigenvalue weighted by Gasteiger charge is -2.42. The van der Waals surface area contributed by atoms with E-state index in [0.717, 1.165) is 82.1 Å². The lowest BCUT2D eigenvalue weighted by molar-refractivity contribution is -0.136. The summed E-state index contributed by atoms with van der Waals surface area (Å²) in [5.74, 6) is 0.439. The van der Waals surface area contributed by atoms with E-state index in [4.69, 9.17) is 4.42 Å². The van der Waals surface area contributed by atoms with Gasteiger partial charge in [-0.15, -0.1) is 0 Å².